The van der Waals surface area contributed by atoms with Crippen LogP contribution in [0.5, 0.6) is 0 Å². The highest BCUT2D eigenvalue weighted by atomic mass is 79.9. The van der Waals surface area contributed by atoms with Crippen molar-refractivity contribution in [2.75, 3.05) is 19.6 Å². The summed E-state index contributed by atoms with van der Waals surface area (Å²) < 4.78 is 3.30. The Morgan fingerprint density at radius 1 is 1.03 bits per heavy atom. The molecule has 0 unspecified atom stereocenters. The van der Waals surface area contributed by atoms with Gasteiger partial charge in [0.1, 0.15) is 5.82 Å². The number of carbonyl (C=O) groups is 1. The van der Waals surface area contributed by atoms with Gasteiger partial charge in [0, 0.05) is 22.6 Å². The zero-order valence-electron chi connectivity index (χ0n) is 20.1. The number of nitrogens with one attached hydrogen (secondary N) is 1. The Balaban J connectivity index is 1.20. The van der Waals surface area contributed by atoms with Gasteiger partial charge >= 0.3 is 0 Å². The maximum atomic E-state index is 12.8. The summed E-state index contributed by atoms with van der Waals surface area (Å²) in [5, 5.41) is 3.16. The molecule has 0 spiro atoms. The largest absolute Gasteiger partial charge is 0.356 e. The fourth-order valence-electron chi connectivity index (χ4n) is 4.98. The lowest BCUT2D eigenvalue weighted by Crippen LogP contribution is -2.41. The molecule has 0 bridgehead atoms. The van der Waals surface area contributed by atoms with E-state index in [9.17, 15) is 4.79 Å². The minimum Gasteiger partial charge on any atom is -0.356 e. The van der Waals surface area contributed by atoms with Gasteiger partial charge in [-0.15, -0.1) is 0 Å². The number of para-hydroxylation sites is 2. The number of likely N-dealkylation sites (tertiary alicyclic amines) is 1. The van der Waals surface area contributed by atoms with Crippen LogP contribution in [-0.2, 0) is 17.8 Å². The zero-order chi connectivity index (χ0) is 24.2. The van der Waals surface area contributed by atoms with E-state index >= 15 is 0 Å². The van der Waals surface area contributed by atoms with Crippen LogP contribution >= 0.6 is 15.9 Å². The molecule has 1 aliphatic rings. The summed E-state index contributed by atoms with van der Waals surface area (Å²) in [7, 11) is 0. The van der Waals surface area contributed by atoms with E-state index in [2.05, 4.69) is 98.3 Å². The van der Waals surface area contributed by atoms with E-state index < -0.39 is 0 Å². The van der Waals surface area contributed by atoms with Crippen LogP contribution in [0.2, 0.25) is 0 Å². The number of imidazole rings is 1. The van der Waals surface area contributed by atoms with Crippen molar-refractivity contribution in [1.82, 2.24) is 19.8 Å². The molecule has 5 nitrogen and oxygen atoms in total. The first-order valence-corrected chi connectivity index (χ1v) is 13.1. The average molecular weight is 531 g/mol. The van der Waals surface area contributed by atoms with Gasteiger partial charge in [0.15, 0.2) is 0 Å². The smallest absolute Gasteiger partial charge is 0.223 e. The Hall–Kier alpha value is -2.96. The molecule has 1 saturated heterocycles. The Morgan fingerprint density at radius 2 is 1.83 bits per heavy atom. The maximum absolute atomic E-state index is 12.8. The Kier molecular flexibility index (Phi) is 7.30. The Labute approximate surface area is 215 Å². The number of rotatable bonds is 7. The highest BCUT2D eigenvalue weighted by Crippen LogP contribution is 2.26. The monoisotopic (exact) mass is 530 g/mol. The summed E-state index contributed by atoms with van der Waals surface area (Å²) in [6.07, 6.45) is 2.64. The number of halogens is 1. The molecule has 1 N–H and O–H groups in total. The van der Waals surface area contributed by atoms with Gasteiger partial charge in [0.05, 0.1) is 17.6 Å². The lowest BCUT2D eigenvalue weighted by molar-refractivity contribution is -0.126. The van der Waals surface area contributed by atoms with Gasteiger partial charge in [-0.1, -0.05) is 64.0 Å². The van der Waals surface area contributed by atoms with Gasteiger partial charge < -0.3 is 5.32 Å². The van der Waals surface area contributed by atoms with Crippen LogP contribution in [0.4, 0.5) is 0 Å². The second-order valence-corrected chi connectivity index (χ2v) is 10.3. The quantitative estimate of drug-likeness (QED) is 0.335. The van der Waals surface area contributed by atoms with Gasteiger partial charge in [-0.25, -0.2) is 4.98 Å². The first kappa shape index (κ1) is 23.8. The molecule has 0 atom stereocenters. The molecule has 35 heavy (non-hydrogen) atoms. The van der Waals surface area contributed by atoms with Crippen LogP contribution in [0.1, 0.15) is 29.8 Å². The van der Waals surface area contributed by atoms with Crippen molar-refractivity contribution in [3.8, 4) is 5.69 Å². The molecule has 3 aromatic carbocycles. The number of nitrogens with zero attached hydrogens (tertiary/aromatic N) is 3. The van der Waals surface area contributed by atoms with Crippen molar-refractivity contribution in [3.63, 3.8) is 0 Å². The van der Waals surface area contributed by atoms with Crippen molar-refractivity contribution in [1.29, 1.82) is 0 Å². The van der Waals surface area contributed by atoms with Gasteiger partial charge in [-0.05, 0) is 75.2 Å². The second-order valence-electron chi connectivity index (χ2n) is 9.41. The average Bonchev–Trinajstić information content (AvgIpc) is 3.22. The lowest BCUT2D eigenvalue weighted by atomic mass is 9.96. The number of aromatic nitrogens is 2. The molecule has 1 amide bonds. The number of fused-ring (bicyclic) bond motifs is 1. The number of benzene rings is 3. The van der Waals surface area contributed by atoms with Gasteiger partial charge in [-0.3, -0.25) is 14.3 Å². The first-order chi connectivity index (χ1) is 17.1. The number of hydrogen-bond acceptors (Lipinski definition) is 3. The van der Waals surface area contributed by atoms with Crippen LogP contribution in [0.3, 0.4) is 0 Å². The standard InChI is InChI=1S/C29H31BrN4O/c1-21-6-4-7-22(18-21)12-15-31-29(35)23-13-16-33(17-14-23)20-28-32-26-10-2-3-11-27(26)34(28)25-9-5-8-24(30)19-25/h2-11,18-19,23H,12-17,20H2,1H3,(H,31,35). The third-order valence-corrected chi connectivity index (χ3v) is 7.31. The van der Waals surface area contributed by atoms with E-state index in [0.29, 0.717) is 6.54 Å². The van der Waals surface area contributed by atoms with Crippen molar-refractivity contribution in [2.45, 2.75) is 32.7 Å². The molecule has 1 fully saturated rings. The molecule has 0 saturated carbocycles. The summed E-state index contributed by atoms with van der Waals surface area (Å²) in [6.45, 7) is 5.36. The molecule has 5 rings (SSSR count). The van der Waals surface area contributed by atoms with E-state index in [1.54, 1.807) is 0 Å². The summed E-state index contributed by atoms with van der Waals surface area (Å²) in [5.41, 5.74) is 5.75. The Morgan fingerprint density at radius 3 is 2.63 bits per heavy atom. The van der Waals surface area contributed by atoms with Crippen molar-refractivity contribution < 1.29 is 4.79 Å². The number of amides is 1. The highest BCUT2D eigenvalue weighted by Gasteiger charge is 2.26. The SMILES string of the molecule is Cc1cccc(CCNC(=O)C2CCN(Cc3nc4ccccc4n3-c3cccc(Br)c3)CC2)c1. The van der Waals surface area contributed by atoms with Crippen LogP contribution in [0.15, 0.2) is 77.3 Å². The number of piperidine rings is 1. The molecular formula is C29H31BrN4O. The summed E-state index contributed by atoms with van der Waals surface area (Å²) in [6, 6.07) is 25.1. The van der Waals surface area contributed by atoms with Crippen LogP contribution < -0.4 is 5.32 Å². The normalized spacial score (nSPS) is 14.9. The van der Waals surface area contributed by atoms with Crippen LogP contribution in [0, 0.1) is 12.8 Å². The lowest BCUT2D eigenvalue weighted by Gasteiger charge is -2.31. The molecule has 0 aliphatic carbocycles. The van der Waals surface area contributed by atoms with E-state index in [-0.39, 0.29) is 11.8 Å². The van der Waals surface area contributed by atoms with Crippen molar-refractivity contribution >= 4 is 32.9 Å². The molecule has 6 heteroatoms. The molecule has 1 aliphatic heterocycles. The van der Waals surface area contributed by atoms with Gasteiger partial charge in [-0.2, -0.15) is 0 Å². The third kappa shape index (κ3) is 5.65. The topological polar surface area (TPSA) is 50.2 Å². The van der Waals surface area contributed by atoms with Crippen molar-refractivity contribution in [3.05, 3.63) is 94.2 Å². The van der Waals surface area contributed by atoms with Crippen LogP contribution in [-0.4, -0.2) is 40.0 Å². The zero-order valence-corrected chi connectivity index (χ0v) is 21.7. The highest BCUT2D eigenvalue weighted by molar-refractivity contribution is 9.10. The number of hydrogen-bond donors (Lipinski definition) is 1. The van der Waals surface area contributed by atoms with Crippen LogP contribution in [0.25, 0.3) is 16.7 Å². The maximum Gasteiger partial charge on any atom is 0.223 e. The molecule has 2 heterocycles. The second kappa shape index (κ2) is 10.8. The summed E-state index contributed by atoms with van der Waals surface area (Å²) >= 11 is 3.61. The number of aryl methyl sites for hydroxylation is 1. The third-order valence-electron chi connectivity index (χ3n) is 6.82. The fraction of sp³-hybridized carbons (Fsp3) is 0.310. The van der Waals surface area contributed by atoms with E-state index in [4.69, 9.17) is 4.98 Å². The van der Waals surface area contributed by atoms with E-state index in [0.717, 1.165) is 65.9 Å². The number of carbonyl (C=O) groups excluding carboxylic acids is 1. The molecule has 1 aromatic heterocycles. The van der Waals surface area contributed by atoms with E-state index in [1.165, 1.54) is 11.1 Å². The van der Waals surface area contributed by atoms with Gasteiger partial charge in [0.25, 0.3) is 0 Å². The first-order valence-electron chi connectivity index (χ1n) is 12.3. The van der Waals surface area contributed by atoms with Crippen molar-refractivity contribution in [2.24, 2.45) is 5.92 Å². The summed E-state index contributed by atoms with van der Waals surface area (Å²) in [4.78, 5) is 20.2. The predicted molar refractivity (Wildman–Crippen MR) is 145 cm³/mol. The fourth-order valence-corrected chi connectivity index (χ4v) is 5.37. The predicted octanol–water partition coefficient (Wildman–Crippen LogP) is 5.67. The minimum atomic E-state index is 0.0904. The van der Waals surface area contributed by atoms with Gasteiger partial charge in [0.2, 0.25) is 5.91 Å². The molecule has 180 valence electrons. The Bertz CT molecular complexity index is 1320. The summed E-state index contributed by atoms with van der Waals surface area (Å²) in [5.74, 6) is 1.32. The minimum absolute atomic E-state index is 0.0904. The molecular weight excluding hydrogens is 500 g/mol. The van der Waals surface area contributed by atoms with E-state index in [1.807, 2.05) is 12.1 Å². The molecule has 0 radical (unpaired) electrons. The molecule has 4 aromatic rings.